The van der Waals surface area contributed by atoms with Gasteiger partial charge in [-0.1, -0.05) is 33.3 Å². The topological polar surface area (TPSA) is 76.0 Å². The highest BCUT2D eigenvalue weighted by atomic mass is 19.4. The van der Waals surface area contributed by atoms with Gasteiger partial charge in [-0.2, -0.15) is 13.2 Å². The maximum Gasteiger partial charge on any atom is 0.490 e. The zero-order valence-corrected chi connectivity index (χ0v) is 26.4. The fourth-order valence-corrected chi connectivity index (χ4v) is 10.5. The Kier molecular flexibility index (Phi) is 9.32. The Morgan fingerprint density at radius 3 is 2.33 bits per heavy atom. The lowest BCUT2D eigenvalue weighted by atomic mass is 9.43. The van der Waals surface area contributed by atoms with Crippen molar-refractivity contribution in [3.63, 3.8) is 0 Å². The van der Waals surface area contributed by atoms with Gasteiger partial charge in [0.15, 0.2) is 0 Å². The predicted octanol–water partition coefficient (Wildman–Crippen LogP) is 8.02. The summed E-state index contributed by atoms with van der Waals surface area (Å²) in [5, 5.41) is 21.0. The first-order valence-electron chi connectivity index (χ1n) is 16.3. The number of aliphatic hydroxyl groups excluding tert-OH is 2. The van der Waals surface area contributed by atoms with Crippen LogP contribution in [0.4, 0.5) is 26.3 Å². The lowest BCUT2D eigenvalue weighted by molar-refractivity contribution is -0.258. The molecule has 1 aromatic rings. The van der Waals surface area contributed by atoms with Crippen LogP contribution in [0.25, 0.3) is 0 Å². The molecular formula is C34H46F6O5. The molecule has 5 rings (SSSR count). The fraction of sp³-hybridized carbons (Fsp3) is 0.794. The number of benzene rings is 1. The summed E-state index contributed by atoms with van der Waals surface area (Å²) >= 11 is 0. The summed E-state index contributed by atoms with van der Waals surface area (Å²) in [4.78, 5) is 11.8. The van der Waals surface area contributed by atoms with Gasteiger partial charge in [0.05, 0.1) is 24.9 Å². The number of carbonyl (C=O) groups excluding carboxylic acids is 1. The first kappa shape index (κ1) is 34.3. The van der Waals surface area contributed by atoms with Crippen LogP contribution in [0.5, 0.6) is 5.75 Å². The van der Waals surface area contributed by atoms with Crippen molar-refractivity contribution in [3.8, 4) is 5.75 Å². The monoisotopic (exact) mass is 648 g/mol. The van der Waals surface area contributed by atoms with E-state index in [1.165, 1.54) is 19.2 Å². The van der Waals surface area contributed by atoms with Crippen molar-refractivity contribution in [2.45, 2.75) is 115 Å². The number of hydrogen-bond donors (Lipinski definition) is 2. The van der Waals surface area contributed by atoms with Gasteiger partial charge in [-0.15, -0.1) is 0 Å². The lowest BCUT2D eigenvalue weighted by Crippen LogP contribution is -2.64. The molecule has 11 atom stereocenters. The van der Waals surface area contributed by atoms with E-state index in [9.17, 15) is 32.6 Å². The van der Waals surface area contributed by atoms with E-state index in [2.05, 4.69) is 6.92 Å². The highest BCUT2D eigenvalue weighted by Gasteiger charge is 2.69. The van der Waals surface area contributed by atoms with Crippen LogP contribution in [0.1, 0.15) is 96.6 Å². The second-order valence-corrected chi connectivity index (χ2v) is 14.8. The molecule has 2 N–H and O–H groups in total. The van der Waals surface area contributed by atoms with Crippen LogP contribution in [0.15, 0.2) is 18.2 Å². The summed E-state index contributed by atoms with van der Waals surface area (Å²) in [6.45, 7) is 6.19. The van der Waals surface area contributed by atoms with Crippen LogP contribution >= 0.6 is 0 Å². The van der Waals surface area contributed by atoms with E-state index in [4.69, 9.17) is 9.47 Å². The van der Waals surface area contributed by atoms with Gasteiger partial charge in [-0.25, -0.2) is 18.0 Å². The first-order valence-corrected chi connectivity index (χ1v) is 16.3. The summed E-state index contributed by atoms with van der Waals surface area (Å²) in [7, 11) is 1.25. The minimum Gasteiger partial charge on any atom is -0.496 e. The number of carbonyl (C=O) groups is 1. The van der Waals surface area contributed by atoms with Crippen molar-refractivity contribution in [1.82, 2.24) is 0 Å². The Morgan fingerprint density at radius 2 is 1.67 bits per heavy atom. The molecule has 0 bridgehead atoms. The maximum absolute atomic E-state index is 16.1. The van der Waals surface area contributed by atoms with Gasteiger partial charge < -0.3 is 19.7 Å². The third-order valence-corrected chi connectivity index (χ3v) is 12.7. The molecule has 1 unspecified atom stereocenters. The van der Waals surface area contributed by atoms with E-state index < -0.39 is 65.9 Å². The van der Waals surface area contributed by atoms with Gasteiger partial charge in [-0.05, 0) is 104 Å². The molecule has 0 aliphatic heterocycles. The highest BCUT2D eigenvalue weighted by Crippen LogP contribution is 2.71. The van der Waals surface area contributed by atoms with Crippen LogP contribution < -0.4 is 4.74 Å². The molecule has 4 saturated carbocycles. The van der Waals surface area contributed by atoms with Crippen molar-refractivity contribution in [1.29, 1.82) is 0 Å². The molecule has 0 amide bonds. The van der Waals surface area contributed by atoms with Crippen molar-refractivity contribution < 1.29 is 50.8 Å². The summed E-state index contributed by atoms with van der Waals surface area (Å²) in [5.74, 6) is -7.98. The highest BCUT2D eigenvalue weighted by molar-refractivity contribution is 5.76. The van der Waals surface area contributed by atoms with E-state index in [1.54, 1.807) is 0 Å². The largest absolute Gasteiger partial charge is 0.496 e. The van der Waals surface area contributed by atoms with Crippen molar-refractivity contribution >= 4 is 5.97 Å². The van der Waals surface area contributed by atoms with Crippen LogP contribution in [0.3, 0.4) is 0 Å². The molecule has 0 spiro atoms. The molecule has 0 saturated heterocycles. The predicted molar refractivity (Wildman–Crippen MR) is 154 cm³/mol. The van der Waals surface area contributed by atoms with Crippen molar-refractivity contribution in [2.24, 2.45) is 46.3 Å². The number of hydrogen-bond acceptors (Lipinski definition) is 5. The third kappa shape index (κ3) is 5.98. The van der Waals surface area contributed by atoms with E-state index in [0.29, 0.717) is 38.5 Å². The van der Waals surface area contributed by atoms with Crippen molar-refractivity contribution in [3.05, 3.63) is 29.6 Å². The molecule has 4 aliphatic rings. The number of alkyl halides is 5. The van der Waals surface area contributed by atoms with E-state index in [0.717, 1.165) is 18.9 Å². The number of esters is 1. The number of ether oxygens (including phenoxy) is 2. The summed E-state index contributed by atoms with van der Waals surface area (Å²) in [6, 6.07) is 3.82. The SMILES string of the molecule is COc1cccc(F)c1C(CCC[C@@H](C)[C@H]1CC[C@H]2[C@H]3[C@H](CC[C@]12C)[C@@]1(C)CC[C@H](O)[C@H](O)[C@@H]1CC3(F)F)OC(=O)C(F)(F)F. The average molecular weight is 649 g/mol. The zero-order chi connectivity index (χ0) is 33.1. The Balaban J connectivity index is 1.30. The molecular weight excluding hydrogens is 602 g/mol. The van der Waals surface area contributed by atoms with Crippen LogP contribution in [-0.2, 0) is 9.53 Å². The molecule has 5 nitrogen and oxygen atoms in total. The minimum atomic E-state index is -5.25. The number of aliphatic hydroxyl groups is 2. The van der Waals surface area contributed by atoms with E-state index in [-0.39, 0.29) is 46.8 Å². The van der Waals surface area contributed by atoms with E-state index in [1.807, 2.05) is 13.8 Å². The average Bonchev–Trinajstić information content (AvgIpc) is 3.32. The van der Waals surface area contributed by atoms with Gasteiger partial charge in [0.25, 0.3) is 5.92 Å². The van der Waals surface area contributed by atoms with Gasteiger partial charge in [0.1, 0.15) is 17.7 Å². The maximum atomic E-state index is 16.1. The van der Waals surface area contributed by atoms with Crippen LogP contribution in [0, 0.1) is 52.2 Å². The molecule has 254 valence electrons. The first-order chi connectivity index (χ1) is 21.0. The Morgan fingerprint density at radius 1 is 1.00 bits per heavy atom. The molecule has 0 radical (unpaired) electrons. The number of rotatable bonds is 8. The third-order valence-electron chi connectivity index (χ3n) is 12.7. The molecule has 0 aromatic heterocycles. The normalized spacial score (nSPS) is 38.8. The number of methoxy groups -OCH3 is 1. The minimum absolute atomic E-state index is 0.0183. The lowest BCUT2D eigenvalue weighted by Gasteiger charge is -2.63. The number of halogens is 6. The number of fused-ring (bicyclic) bond motifs is 5. The van der Waals surface area contributed by atoms with Crippen LogP contribution in [-0.4, -0.2) is 47.6 Å². The van der Waals surface area contributed by atoms with Gasteiger partial charge in [0.2, 0.25) is 0 Å². The Bertz CT molecular complexity index is 1240. The van der Waals surface area contributed by atoms with Gasteiger partial charge >= 0.3 is 12.1 Å². The molecule has 11 heteroatoms. The standard InChI is InChI=1S/C34H46F6O5/c1-18(7-5-10-26(45-30(43)34(38,39)40)27-23(35)8-6-9-25(27)44-4)19-11-12-20-28-21(13-15-31(19,20)2)32(3)16-14-24(41)29(42)22(32)17-33(28,36)37/h6,8-9,18-22,24,26,28-29,41-42H,5,7,10-17H2,1-4H3/t18-,19-,20+,21+,22+,24+,26?,28+,29-,31-,32-/m1/s1. The smallest absolute Gasteiger partial charge is 0.490 e. The van der Waals surface area contributed by atoms with E-state index >= 15 is 8.78 Å². The summed E-state index contributed by atoms with van der Waals surface area (Å²) in [6.07, 6.45) is -4.67. The summed E-state index contributed by atoms with van der Waals surface area (Å²) < 4.78 is 96.3. The summed E-state index contributed by atoms with van der Waals surface area (Å²) in [5.41, 5.74) is -1.06. The zero-order valence-electron chi connectivity index (χ0n) is 26.4. The molecule has 4 fully saturated rings. The Hall–Kier alpha value is -2.01. The molecule has 4 aliphatic carbocycles. The second-order valence-electron chi connectivity index (χ2n) is 14.8. The Labute approximate surface area is 261 Å². The fourth-order valence-electron chi connectivity index (χ4n) is 10.5. The molecule has 1 aromatic carbocycles. The van der Waals surface area contributed by atoms with Gasteiger partial charge in [0, 0.05) is 12.3 Å². The quantitative estimate of drug-likeness (QED) is 0.221. The van der Waals surface area contributed by atoms with Crippen molar-refractivity contribution in [2.75, 3.05) is 7.11 Å². The second kappa shape index (κ2) is 12.2. The van der Waals surface area contributed by atoms with Crippen LogP contribution in [0.2, 0.25) is 0 Å². The van der Waals surface area contributed by atoms with Gasteiger partial charge in [-0.3, -0.25) is 0 Å². The molecule has 0 heterocycles. The molecule has 45 heavy (non-hydrogen) atoms.